The molecule has 55 heavy (non-hydrogen) atoms. The van der Waals surface area contributed by atoms with Crippen molar-refractivity contribution in [2.45, 2.75) is 19.3 Å². The number of fused-ring (bicyclic) bond motifs is 9. The third-order valence-electron chi connectivity index (χ3n) is 11.9. The zero-order valence-corrected chi connectivity index (χ0v) is 30.9. The molecule has 1 heterocycles. The van der Waals surface area contributed by atoms with E-state index in [4.69, 9.17) is 0 Å². The number of nitrogens with zero attached hydrogens (tertiary/aromatic N) is 2. The minimum absolute atomic E-state index is 0.204. The Hall–Kier alpha value is -6.90. The third-order valence-corrected chi connectivity index (χ3v) is 11.9. The van der Waals surface area contributed by atoms with Crippen LogP contribution >= 0.6 is 0 Å². The Balaban J connectivity index is 1.01. The van der Waals surface area contributed by atoms with Gasteiger partial charge in [0.1, 0.15) is 0 Å². The molecular weight excluding hydrogens is 665 g/mol. The molecular formula is C53H38N2. The highest BCUT2D eigenvalue weighted by molar-refractivity contribution is 6.21. The van der Waals surface area contributed by atoms with Gasteiger partial charge in [0.15, 0.2) is 0 Å². The van der Waals surface area contributed by atoms with E-state index in [0.717, 1.165) is 17.1 Å². The number of hydrogen-bond acceptors (Lipinski definition) is 1. The average Bonchev–Trinajstić information content (AvgIpc) is 3.69. The fraction of sp³-hybridized carbons (Fsp3) is 0.0566. The molecule has 0 saturated heterocycles. The third kappa shape index (κ3) is 4.88. The molecule has 0 bridgehead atoms. The van der Waals surface area contributed by atoms with E-state index < -0.39 is 0 Å². The Morgan fingerprint density at radius 2 is 1.00 bits per heavy atom. The van der Waals surface area contributed by atoms with Crippen LogP contribution in [0, 0.1) is 0 Å². The summed E-state index contributed by atoms with van der Waals surface area (Å²) in [5.41, 5.74) is 14.6. The molecule has 0 saturated carbocycles. The molecule has 2 heteroatoms. The van der Waals surface area contributed by atoms with Crippen molar-refractivity contribution < 1.29 is 0 Å². The quantitative estimate of drug-likeness (QED) is 0.173. The molecule has 1 aliphatic carbocycles. The molecule has 9 aromatic carbocycles. The highest BCUT2D eigenvalue weighted by atomic mass is 15.1. The fourth-order valence-electron chi connectivity index (χ4n) is 9.21. The molecule has 0 atom stereocenters. The smallest absolute Gasteiger partial charge is 0.0547 e. The first-order valence-corrected chi connectivity index (χ1v) is 19.2. The van der Waals surface area contributed by atoms with Crippen LogP contribution in [0.15, 0.2) is 194 Å². The topological polar surface area (TPSA) is 8.17 Å². The van der Waals surface area contributed by atoms with Gasteiger partial charge < -0.3 is 9.47 Å². The van der Waals surface area contributed by atoms with E-state index in [2.05, 4.69) is 217 Å². The highest BCUT2D eigenvalue weighted by Gasteiger charge is 2.36. The summed E-state index contributed by atoms with van der Waals surface area (Å²) in [4.78, 5) is 2.39. The summed E-state index contributed by atoms with van der Waals surface area (Å²) in [7, 11) is 0. The van der Waals surface area contributed by atoms with Gasteiger partial charge in [-0.25, -0.2) is 0 Å². The highest BCUT2D eigenvalue weighted by Crippen LogP contribution is 2.52. The van der Waals surface area contributed by atoms with E-state index in [1.54, 1.807) is 0 Å². The molecule has 2 nitrogen and oxygen atoms in total. The lowest BCUT2D eigenvalue weighted by atomic mass is 9.82. The summed E-state index contributed by atoms with van der Waals surface area (Å²) in [6, 6.07) is 71.3. The predicted octanol–water partition coefficient (Wildman–Crippen LogP) is 14.5. The summed E-state index contributed by atoms with van der Waals surface area (Å²) >= 11 is 0. The van der Waals surface area contributed by atoms with Gasteiger partial charge in [0.05, 0.1) is 11.0 Å². The number of para-hydroxylation sites is 2. The zero-order valence-electron chi connectivity index (χ0n) is 30.9. The SMILES string of the molecule is CC1(C)c2cc(N(c3ccccc3)c3ccc(-c4ccc5ccccc5c4)cc3)ccc2-c2ccc(-n3c4ccccc4c4c5ccccc5ccc43)cc21. The maximum atomic E-state index is 2.46. The molecule has 0 aliphatic heterocycles. The maximum absolute atomic E-state index is 2.46. The molecule has 10 aromatic rings. The molecule has 260 valence electrons. The number of aromatic nitrogens is 1. The first-order valence-electron chi connectivity index (χ1n) is 19.2. The number of hydrogen-bond donors (Lipinski definition) is 0. The molecule has 1 aliphatic rings. The Morgan fingerprint density at radius 3 is 1.82 bits per heavy atom. The molecule has 0 unspecified atom stereocenters. The first-order chi connectivity index (χ1) is 27.0. The van der Waals surface area contributed by atoms with Crippen molar-refractivity contribution in [3.63, 3.8) is 0 Å². The Morgan fingerprint density at radius 1 is 0.400 bits per heavy atom. The van der Waals surface area contributed by atoms with Gasteiger partial charge in [0, 0.05) is 38.9 Å². The number of benzene rings is 9. The second-order valence-electron chi connectivity index (χ2n) is 15.4. The van der Waals surface area contributed by atoms with Crippen molar-refractivity contribution in [2.24, 2.45) is 0 Å². The van der Waals surface area contributed by atoms with Gasteiger partial charge in [-0.05, 0) is 122 Å². The molecule has 0 amide bonds. The molecule has 0 radical (unpaired) electrons. The van der Waals surface area contributed by atoms with Gasteiger partial charge in [-0.2, -0.15) is 0 Å². The summed E-state index contributed by atoms with van der Waals surface area (Å²) in [6.07, 6.45) is 0. The van der Waals surface area contributed by atoms with Gasteiger partial charge in [-0.1, -0.05) is 141 Å². The van der Waals surface area contributed by atoms with Gasteiger partial charge >= 0.3 is 0 Å². The standard InChI is InChI=1S/C53H38N2/c1-53(2)48-33-42(54(40-15-4-3-5-16-40)41-25-22-36(23-26-41)39-21-20-35-12-6-7-14-38(35)32-39)27-29-45(48)46-30-28-43(34-49(46)53)55-50-19-11-10-18-47(50)52-44-17-9-8-13-37(44)24-31-51(52)55/h3-34H,1-2H3. The van der Waals surface area contributed by atoms with Gasteiger partial charge in [0.2, 0.25) is 0 Å². The van der Waals surface area contributed by atoms with Crippen molar-refractivity contribution in [1.82, 2.24) is 4.57 Å². The van der Waals surface area contributed by atoms with Crippen molar-refractivity contribution >= 4 is 60.4 Å². The fourth-order valence-corrected chi connectivity index (χ4v) is 9.21. The molecule has 1 aromatic heterocycles. The minimum atomic E-state index is -0.204. The monoisotopic (exact) mass is 702 g/mol. The second kappa shape index (κ2) is 12.1. The van der Waals surface area contributed by atoms with Gasteiger partial charge in [0.25, 0.3) is 0 Å². The maximum Gasteiger partial charge on any atom is 0.0547 e. The van der Waals surface area contributed by atoms with Gasteiger partial charge in [-0.15, -0.1) is 0 Å². The van der Waals surface area contributed by atoms with Crippen LogP contribution in [0.5, 0.6) is 0 Å². The van der Waals surface area contributed by atoms with E-state index in [1.165, 1.54) is 82.4 Å². The molecule has 0 fully saturated rings. The van der Waals surface area contributed by atoms with Crippen LogP contribution < -0.4 is 4.90 Å². The zero-order chi connectivity index (χ0) is 36.7. The normalized spacial score (nSPS) is 13.1. The Labute approximate surface area is 321 Å². The minimum Gasteiger partial charge on any atom is -0.310 e. The van der Waals surface area contributed by atoms with Crippen LogP contribution in [0.1, 0.15) is 25.0 Å². The van der Waals surface area contributed by atoms with Crippen LogP contribution in [0.4, 0.5) is 17.1 Å². The van der Waals surface area contributed by atoms with E-state index in [-0.39, 0.29) is 5.41 Å². The Kier molecular flexibility index (Phi) is 6.93. The number of rotatable bonds is 5. The predicted molar refractivity (Wildman–Crippen MR) is 233 cm³/mol. The summed E-state index contributed by atoms with van der Waals surface area (Å²) in [6.45, 7) is 4.77. The van der Waals surface area contributed by atoms with Crippen LogP contribution in [0.25, 0.3) is 71.3 Å². The summed E-state index contributed by atoms with van der Waals surface area (Å²) in [5.74, 6) is 0. The van der Waals surface area contributed by atoms with Gasteiger partial charge in [-0.3, -0.25) is 0 Å². The van der Waals surface area contributed by atoms with Crippen molar-refractivity contribution in [3.05, 3.63) is 205 Å². The summed E-state index contributed by atoms with van der Waals surface area (Å²) in [5, 5.41) is 7.68. The molecule has 0 spiro atoms. The summed E-state index contributed by atoms with van der Waals surface area (Å²) < 4.78 is 2.46. The lowest BCUT2D eigenvalue weighted by Crippen LogP contribution is -2.17. The lowest BCUT2D eigenvalue weighted by molar-refractivity contribution is 0.660. The number of anilines is 3. The van der Waals surface area contributed by atoms with E-state index in [0.29, 0.717) is 0 Å². The van der Waals surface area contributed by atoms with E-state index in [9.17, 15) is 0 Å². The van der Waals surface area contributed by atoms with Crippen LogP contribution in [0.2, 0.25) is 0 Å². The van der Waals surface area contributed by atoms with Crippen LogP contribution in [-0.2, 0) is 5.41 Å². The van der Waals surface area contributed by atoms with E-state index >= 15 is 0 Å². The van der Waals surface area contributed by atoms with Crippen molar-refractivity contribution in [2.75, 3.05) is 4.90 Å². The van der Waals surface area contributed by atoms with E-state index in [1.807, 2.05) is 0 Å². The second-order valence-corrected chi connectivity index (χ2v) is 15.4. The van der Waals surface area contributed by atoms with Crippen LogP contribution in [-0.4, -0.2) is 4.57 Å². The largest absolute Gasteiger partial charge is 0.310 e. The van der Waals surface area contributed by atoms with Crippen molar-refractivity contribution in [3.8, 4) is 27.9 Å². The van der Waals surface area contributed by atoms with Crippen molar-refractivity contribution in [1.29, 1.82) is 0 Å². The average molecular weight is 703 g/mol. The Bertz CT molecular complexity index is 3110. The molecule has 11 rings (SSSR count). The van der Waals surface area contributed by atoms with Crippen LogP contribution in [0.3, 0.4) is 0 Å². The first kappa shape index (κ1) is 31.6. The lowest BCUT2D eigenvalue weighted by Gasteiger charge is -2.28. The molecule has 0 N–H and O–H groups in total.